The van der Waals surface area contributed by atoms with Gasteiger partial charge in [0.05, 0.1) is 11.6 Å². The van der Waals surface area contributed by atoms with Crippen molar-refractivity contribution < 1.29 is 9.90 Å². The minimum absolute atomic E-state index is 0.216. The van der Waals surface area contributed by atoms with E-state index in [0.717, 1.165) is 10.9 Å². The van der Waals surface area contributed by atoms with Crippen LogP contribution in [0.5, 0.6) is 0 Å². The third-order valence-corrected chi connectivity index (χ3v) is 2.33. The summed E-state index contributed by atoms with van der Waals surface area (Å²) in [7, 11) is 0. The minimum atomic E-state index is -0.554. The molecule has 1 aromatic heterocycles. The predicted octanol–water partition coefficient (Wildman–Crippen LogP) is 0.740. The van der Waals surface area contributed by atoms with Crippen molar-refractivity contribution in [2.45, 2.75) is 13.0 Å². The molecule has 0 aliphatic heterocycles. The average molecular weight is 231 g/mol. The number of carbonyl (C=O) groups excluding carboxylic acids is 1. The van der Waals surface area contributed by atoms with Gasteiger partial charge in [-0.2, -0.15) is 0 Å². The van der Waals surface area contributed by atoms with Gasteiger partial charge in [-0.1, -0.05) is 6.07 Å². The van der Waals surface area contributed by atoms with Crippen LogP contribution < -0.4 is 5.32 Å². The molecule has 0 fully saturated rings. The summed E-state index contributed by atoms with van der Waals surface area (Å²) in [5.41, 5.74) is 1.25. The molecule has 0 saturated heterocycles. The Kier molecular flexibility index (Phi) is 3.30. The fourth-order valence-electron chi connectivity index (χ4n) is 1.46. The second-order valence-corrected chi connectivity index (χ2v) is 3.86. The molecule has 0 spiro atoms. The Labute approximate surface area is 98.5 Å². The molecule has 1 aromatic carbocycles. The first-order valence-corrected chi connectivity index (χ1v) is 5.33. The molecule has 1 atom stereocenters. The SMILES string of the molecule is CC(O)CNC(=O)c1ccc2cncnc2c1. The number of nitrogens with zero attached hydrogens (tertiary/aromatic N) is 2. The summed E-state index contributed by atoms with van der Waals surface area (Å²) in [5, 5.41) is 12.6. The largest absolute Gasteiger partial charge is 0.392 e. The van der Waals surface area contributed by atoms with Gasteiger partial charge in [0.2, 0.25) is 0 Å². The molecule has 5 heteroatoms. The highest BCUT2D eigenvalue weighted by molar-refractivity contribution is 5.97. The van der Waals surface area contributed by atoms with Crippen molar-refractivity contribution in [2.24, 2.45) is 0 Å². The van der Waals surface area contributed by atoms with Gasteiger partial charge in [-0.3, -0.25) is 4.79 Å². The lowest BCUT2D eigenvalue weighted by atomic mass is 10.1. The number of amides is 1. The Balaban J connectivity index is 2.21. The number of nitrogens with one attached hydrogen (secondary N) is 1. The topological polar surface area (TPSA) is 75.1 Å². The normalized spacial score (nSPS) is 12.4. The van der Waals surface area contributed by atoms with Gasteiger partial charge in [0.25, 0.3) is 5.91 Å². The van der Waals surface area contributed by atoms with E-state index in [2.05, 4.69) is 15.3 Å². The number of aromatic nitrogens is 2. The summed E-state index contributed by atoms with van der Waals surface area (Å²) in [6.45, 7) is 1.86. The Morgan fingerprint density at radius 1 is 1.53 bits per heavy atom. The fourth-order valence-corrected chi connectivity index (χ4v) is 1.46. The number of hydrogen-bond acceptors (Lipinski definition) is 4. The molecule has 0 aliphatic carbocycles. The highest BCUT2D eigenvalue weighted by atomic mass is 16.3. The number of benzene rings is 1. The van der Waals surface area contributed by atoms with Crippen LogP contribution in [0.15, 0.2) is 30.7 Å². The lowest BCUT2D eigenvalue weighted by Crippen LogP contribution is -2.30. The summed E-state index contributed by atoms with van der Waals surface area (Å²) in [4.78, 5) is 19.7. The van der Waals surface area contributed by atoms with Gasteiger partial charge in [0.1, 0.15) is 6.33 Å². The van der Waals surface area contributed by atoms with Crippen LogP contribution in [0.4, 0.5) is 0 Å². The van der Waals surface area contributed by atoms with Crippen LogP contribution >= 0.6 is 0 Å². The van der Waals surface area contributed by atoms with Crippen molar-refractivity contribution in [1.82, 2.24) is 15.3 Å². The number of aliphatic hydroxyl groups excluding tert-OH is 1. The molecule has 2 N–H and O–H groups in total. The molecular weight excluding hydrogens is 218 g/mol. The van der Waals surface area contributed by atoms with Crippen LogP contribution in [0.2, 0.25) is 0 Å². The quantitative estimate of drug-likeness (QED) is 0.817. The van der Waals surface area contributed by atoms with Crippen molar-refractivity contribution in [3.63, 3.8) is 0 Å². The summed E-state index contributed by atoms with van der Waals surface area (Å²) >= 11 is 0. The monoisotopic (exact) mass is 231 g/mol. The van der Waals surface area contributed by atoms with Gasteiger partial charge in [-0.05, 0) is 19.1 Å². The van der Waals surface area contributed by atoms with E-state index in [1.807, 2.05) is 0 Å². The standard InChI is InChI=1S/C12H13N3O2/c1-8(16)5-14-12(17)9-2-3-10-6-13-7-15-11(10)4-9/h2-4,6-8,16H,5H2,1H3,(H,14,17). The van der Waals surface area contributed by atoms with E-state index in [4.69, 9.17) is 5.11 Å². The number of hydrogen-bond donors (Lipinski definition) is 2. The van der Waals surface area contributed by atoms with Crippen LogP contribution in [0.1, 0.15) is 17.3 Å². The lowest BCUT2D eigenvalue weighted by Gasteiger charge is -2.07. The predicted molar refractivity (Wildman–Crippen MR) is 63.6 cm³/mol. The molecular formula is C12H13N3O2. The molecule has 0 bridgehead atoms. The second-order valence-electron chi connectivity index (χ2n) is 3.86. The van der Waals surface area contributed by atoms with Crippen LogP contribution in [-0.4, -0.2) is 33.6 Å². The van der Waals surface area contributed by atoms with Crippen LogP contribution in [0, 0.1) is 0 Å². The van der Waals surface area contributed by atoms with Crippen molar-refractivity contribution in [1.29, 1.82) is 0 Å². The first-order valence-electron chi connectivity index (χ1n) is 5.33. The number of carbonyl (C=O) groups is 1. The van der Waals surface area contributed by atoms with Crippen LogP contribution in [0.3, 0.4) is 0 Å². The molecule has 1 amide bonds. The van der Waals surface area contributed by atoms with E-state index in [-0.39, 0.29) is 12.5 Å². The van der Waals surface area contributed by atoms with Crippen LogP contribution in [-0.2, 0) is 0 Å². The first-order chi connectivity index (χ1) is 8.16. The van der Waals surface area contributed by atoms with Gasteiger partial charge in [-0.15, -0.1) is 0 Å². The highest BCUT2D eigenvalue weighted by Crippen LogP contribution is 2.11. The van der Waals surface area contributed by atoms with E-state index in [1.54, 1.807) is 31.3 Å². The Hall–Kier alpha value is -2.01. The molecule has 0 aliphatic rings. The third kappa shape index (κ3) is 2.76. The second kappa shape index (κ2) is 4.88. The molecule has 0 radical (unpaired) electrons. The number of aliphatic hydroxyl groups is 1. The highest BCUT2D eigenvalue weighted by Gasteiger charge is 2.07. The van der Waals surface area contributed by atoms with E-state index in [9.17, 15) is 4.79 Å². The van der Waals surface area contributed by atoms with E-state index >= 15 is 0 Å². The summed E-state index contributed by atoms with van der Waals surface area (Å²) < 4.78 is 0. The van der Waals surface area contributed by atoms with Gasteiger partial charge in [-0.25, -0.2) is 9.97 Å². The number of fused-ring (bicyclic) bond motifs is 1. The van der Waals surface area contributed by atoms with Crippen LogP contribution in [0.25, 0.3) is 10.9 Å². The van der Waals surface area contributed by atoms with Crippen molar-refractivity contribution in [3.05, 3.63) is 36.3 Å². The Bertz CT molecular complexity index is 540. The lowest BCUT2D eigenvalue weighted by molar-refractivity contribution is 0.0924. The summed E-state index contributed by atoms with van der Waals surface area (Å²) in [5.74, 6) is -0.216. The third-order valence-electron chi connectivity index (χ3n) is 2.33. The van der Waals surface area contributed by atoms with Gasteiger partial charge in [0.15, 0.2) is 0 Å². The molecule has 1 heterocycles. The zero-order valence-corrected chi connectivity index (χ0v) is 9.42. The van der Waals surface area contributed by atoms with E-state index in [0.29, 0.717) is 5.56 Å². The van der Waals surface area contributed by atoms with Gasteiger partial charge < -0.3 is 10.4 Å². The molecule has 88 valence electrons. The van der Waals surface area contributed by atoms with E-state index in [1.165, 1.54) is 6.33 Å². The van der Waals surface area contributed by atoms with Gasteiger partial charge in [0, 0.05) is 23.7 Å². The summed E-state index contributed by atoms with van der Waals surface area (Å²) in [6, 6.07) is 5.21. The molecule has 17 heavy (non-hydrogen) atoms. The fraction of sp³-hybridized carbons (Fsp3) is 0.250. The summed E-state index contributed by atoms with van der Waals surface area (Å²) in [6.07, 6.45) is 2.58. The molecule has 2 rings (SSSR count). The molecule has 0 saturated carbocycles. The van der Waals surface area contributed by atoms with Crippen molar-refractivity contribution >= 4 is 16.8 Å². The molecule has 2 aromatic rings. The smallest absolute Gasteiger partial charge is 0.251 e. The van der Waals surface area contributed by atoms with Crippen molar-refractivity contribution in [3.8, 4) is 0 Å². The average Bonchev–Trinajstić information content (AvgIpc) is 2.35. The van der Waals surface area contributed by atoms with Gasteiger partial charge >= 0.3 is 0 Å². The maximum absolute atomic E-state index is 11.7. The maximum atomic E-state index is 11.7. The first kappa shape index (κ1) is 11.5. The Morgan fingerprint density at radius 2 is 2.35 bits per heavy atom. The Morgan fingerprint density at radius 3 is 3.12 bits per heavy atom. The number of rotatable bonds is 3. The zero-order chi connectivity index (χ0) is 12.3. The maximum Gasteiger partial charge on any atom is 0.251 e. The molecule has 1 unspecified atom stereocenters. The van der Waals surface area contributed by atoms with Crippen molar-refractivity contribution in [2.75, 3.05) is 6.54 Å². The van der Waals surface area contributed by atoms with E-state index < -0.39 is 6.10 Å². The molecule has 5 nitrogen and oxygen atoms in total. The minimum Gasteiger partial charge on any atom is -0.392 e. The zero-order valence-electron chi connectivity index (χ0n) is 9.42.